The zero-order valence-corrected chi connectivity index (χ0v) is 21.1. The molecule has 5 rings (SSSR count). The average molecular weight is 514 g/mol. The summed E-state index contributed by atoms with van der Waals surface area (Å²) in [5, 5.41) is 16.2. The third kappa shape index (κ3) is 3.74. The lowest BCUT2D eigenvalue weighted by molar-refractivity contribution is -0.140. The van der Waals surface area contributed by atoms with Crippen LogP contribution in [0.25, 0.3) is 0 Å². The highest BCUT2D eigenvalue weighted by Crippen LogP contribution is 2.68. The first-order valence-corrected chi connectivity index (χ1v) is 13.1. The lowest BCUT2D eigenvalue weighted by Crippen LogP contribution is -2.56. The fourth-order valence-electron chi connectivity index (χ4n) is 6.13. The number of nitrogens with one attached hydrogen (secondary N) is 2. The second-order valence-electron chi connectivity index (χ2n) is 9.65. The summed E-state index contributed by atoms with van der Waals surface area (Å²) in [6.07, 6.45) is 0.735. The predicted molar refractivity (Wildman–Crippen MR) is 137 cm³/mol. The van der Waals surface area contributed by atoms with Gasteiger partial charge in [0.2, 0.25) is 17.7 Å². The summed E-state index contributed by atoms with van der Waals surface area (Å²) in [5.74, 6) is -1.98. The van der Waals surface area contributed by atoms with Gasteiger partial charge in [0.1, 0.15) is 6.04 Å². The fraction of sp³-hybridized carbons (Fsp3) is 0.423. The molecule has 3 aliphatic rings. The summed E-state index contributed by atoms with van der Waals surface area (Å²) in [4.78, 5) is 42.8. The number of fused-ring (bicyclic) bond motifs is 1. The number of aliphatic hydroxyl groups is 1. The lowest BCUT2D eigenvalue weighted by atomic mass is 9.66. The molecule has 3 aliphatic heterocycles. The van der Waals surface area contributed by atoms with E-state index in [0.29, 0.717) is 16.4 Å². The number of hydrogen-bond acceptors (Lipinski definition) is 5. The lowest BCUT2D eigenvalue weighted by Gasteiger charge is -2.39. The van der Waals surface area contributed by atoms with Gasteiger partial charge in [0, 0.05) is 10.9 Å². The number of rotatable bonds is 6. The van der Waals surface area contributed by atoms with Gasteiger partial charge in [-0.2, -0.15) is 0 Å². The molecule has 0 aromatic heterocycles. The van der Waals surface area contributed by atoms with E-state index >= 15 is 0 Å². The largest absolute Gasteiger partial charge is 0.394 e. The van der Waals surface area contributed by atoms with Crippen LogP contribution in [0.4, 0.5) is 11.4 Å². The van der Waals surface area contributed by atoms with E-state index in [1.54, 1.807) is 43.0 Å². The summed E-state index contributed by atoms with van der Waals surface area (Å²) < 4.78 is -0.769. The van der Waals surface area contributed by atoms with Crippen molar-refractivity contribution >= 4 is 52.5 Å². The Morgan fingerprint density at radius 2 is 1.83 bits per heavy atom. The molecule has 184 valence electrons. The molecule has 0 aliphatic carbocycles. The van der Waals surface area contributed by atoms with Crippen LogP contribution in [0.15, 0.2) is 54.6 Å². The third-order valence-electron chi connectivity index (χ3n) is 7.65. The molecule has 3 saturated heterocycles. The van der Waals surface area contributed by atoms with Crippen LogP contribution in [-0.4, -0.2) is 56.4 Å². The number of halogens is 1. The monoisotopic (exact) mass is 513 g/mol. The number of likely N-dealkylation sites (tertiary alicyclic amines) is 1. The quantitative estimate of drug-likeness (QED) is 0.548. The molecule has 3 amide bonds. The van der Waals surface area contributed by atoms with Crippen molar-refractivity contribution in [1.82, 2.24) is 4.90 Å². The molecule has 0 radical (unpaired) electrons. The first-order valence-electron chi connectivity index (χ1n) is 11.8. The van der Waals surface area contributed by atoms with E-state index in [4.69, 9.17) is 11.6 Å². The standard InChI is InChI=1S/C26H28ClN3O4S/c1-14-12-19-20(23(32)28-16-8-4-3-5-9-16)21-25(34)30(15(2)13-31)22(26(14,21)35-19)24(33)29-18-11-7-6-10-17(18)27/h3-11,14-15,19-22,31H,12-13H2,1-2H3,(H,28,32)(H,29,33)/t14?,15-,19-,20+,21+,22?,26?/m1/s1. The second-order valence-corrected chi connectivity index (χ2v) is 11.6. The van der Waals surface area contributed by atoms with Gasteiger partial charge < -0.3 is 20.6 Å². The molecule has 2 aromatic carbocycles. The van der Waals surface area contributed by atoms with Crippen LogP contribution in [0.5, 0.6) is 0 Å². The van der Waals surface area contributed by atoms with Gasteiger partial charge in [-0.25, -0.2) is 0 Å². The Bertz CT molecular complexity index is 1160. The number of benzene rings is 2. The van der Waals surface area contributed by atoms with Gasteiger partial charge >= 0.3 is 0 Å². The number of carbonyl (C=O) groups excluding carboxylic acids is 3. The van der Waals surface area contributed by atoms with Crippen LogP contribution in [-0.2, 0) is 14.4 Å². The first-order chi connectivity index (χ1) is 16.8. The van der Waals surface area contributed by atoms with Crippen molar-refractivity contribution < 1.29 is 19.5 Å². The van der Waals surface area contributed by atoms with Crippen LogP contribution >= 0.6 is 23.4 Å². The molecule has 3 N–H and O–H groups in total. The highest BCUT2D eigenvalue weighted by atomic mass is 35.5. The molecule has 3 fully saturated rings. The number of anilines is 2. The Morgan fingerprint density at radius 3 is 2.51 bits per heavy atom. The van der Waals surface area contributed by atoms with Crippen LogP contribution in [0.3, 0.4) is 0 Å². The average Bonchev–Trinajstić information content (AvgIpc) is 3.44. The molecule has 0 saturated carbocycles. The van der Waals surface area contributed by atoms with E-state index in [1.807, 2.05) is 30.3 Å². The van der Waals surface area contributed by atoms with Crippen molar-refractivity contribution in [1.29, 1.82) is 0 Å². The Morgan fingerprint density at radius 1 is 1.14 bits per heavy atom. The number of para-hydroxylation sites is 2. The van der Waals surface area contributed by atoms with Crippen LogP contribution in [0.1, 0.15) is 20.3 Å². The maximum atomic E-state index is 13.9. The highest BCUT2D eigenvalue weighted by Gasteiger charge is 2.76. The van der Waals surface area contributed by atoms with Gasteiger partial charge in [-0.3, -0.25) is 14.4 Å². The van der Waals surface area contributed by atoms with Gasteiger partial charge in [0.05, 0.1) is 39.9 Å². The number of carbonyl (C=O) groups is 3. The van der Waals surface area contributed by atoms with Crippen LogP contribution in [0.2, 0.25) is 5.02 Å². The normalized spacial score (nSPS) is 31.8. The van der Waals surface area contributed by atoms with Gasteiger partial charge in [0.25, 0.3) is 0 Å². The number of hydrogen-bond donors (Lipinski definition) is 3. The molecular weight excluding hydrogens is 486 g/mol. The zero-order chi connectivity index (χ0) is 24.9. The summed E-state index contributed by atoms with van der Waals surface area (Å²) in [6, 6.07) is 14.7. The number of thioether (sulfide) groups is 1. The molecule has 35 heavy (non-hydrogen) atoms. The molecule has 3 unspecified atom stereocenters. The molecule has 7 atom stereocenters. The van der Waals surface area contributed by atoms with Crippen molar-refractivity contribution in [3.8, 4) is 0 Å². The van der Waals surface area contributed by atoms with E-state index in [-0.39, 0.29) is 35.5 Å². The molecule has 2 bridgehead atoms. The number of nitrogens with zero attached hydrogens (tertiary/aromatic N) is 1. The molecular formula is C26H28ClN3O4S. The van der Waals surface area contributed by atoms with E-state index in [9.17, 15) is 19.5 Å². The van der Waals surface area contributed by atoms with Gasteiger partial charge in [-0.1, -0.05) is 48.9 Å². The maximum Gasteiger partial charge on any atom is 0.248 e. The van der Waals surface area contributed by atoms with Crippen molar-refractivity contribution in [3.05, 3.63) is 59.6 Å². The van der Waals surface area contributed by atoms with E-state index in [2.05, 4.69) is 17.6 Å². The predicted octanol–water partition coefficient (Wildman–Crippen LogP) is 3.64. The summed E-state index contributed by atoms with van der Waals surface area (Å²) in [5.41, 5.74) is 1.14. The zero-order valence-electron chi connectivity index (χ0n) is 19.5. The molecule has 9 heteroatoms. The van der Waals surface area contributed by atoms with Gasteiger partial charge in [-0.05, 0) is 43.5 Å². The second kappa shape index (κ2) is 9.15. The number of amides is 3. The summed E-state index contributed by atoms with van der Waals surface area (Å²) in [7, 11) is 0. The molecule has 1 spiro atoms. The maximum absolute atomic E-state index is 13.9. The third-order valence-corrected chi connectivity index (χ3v) is 10.1. The van der Waals surface area contributed by atoms with Gasteiger partial charge in [-0.15, -0.1) is 11.8 Å². The minimum Gasteiger partial charge on any atom is -0.394 e. The Labute approximate surface area is 213 Å². The van der Waals surface area contributed by atoms with Gasteiger partial charge in [0.15, 0.2) is 0 Å². The Balaban J connectivity index is 1.53. The van der Waals surface area contributed by atoms with Crippen molar-refractivity contribution in [3.63, 3.8) is 0 Å². The van der Waals surface area contributed by atoms with Crippen LogP contribution in [0, 0.1) is 17.8 Å². The Hall–Kier alpha value is -2.55. The first kappa shape index (κ1) is 24.2. The fourth-order valence-corrected chi connectivity index (χ4v) is 8.72. The minimum atomic E-state index is -0.835. The molecule has 7 nitrogen and oxygen atoms in total. The SMILES string of the molecule is CC1C[C@H]2SC13C(C(=O)Nc1ccccc1Cl)N([C@H](C)CO)C(=O)[C@@H]3[C@H]2C(=O)Nc1ccccc1. The molecule has 2 aromatic rings. The Kier molecular flexibility index (Phi) is 6.32. The minimum absolute atomic E-state index is 0.0325. The smallest absolute Gasteiger partial charge is 0.248 e. The van der Waals surface area contributed by atoms with Crippen molar-refractivity contribution in [2.75, 3.05) is 17.2 Å². The number of aliphatic hydroxyl groups excluding tert-OH is 1. The summed E-state index contributed by atoms with van der Waals surface area (Å²) in [6.45, 7) is 3.50. The highest BCUT2D eigenvalue weighted by molar-refractivity contribution is 8.02. The van der Waals surface area contributed by atoms with E-state index < -0.39 is 28.7 Å². The van der Waals surface area contributed by atoms with E-state index in [0.717, 1.165) is 6.42 Å². The van der Waals surface area contributed by atoms with Crippen molar-refractivity contribution in [2.24, 2.45) is 17.8 Å². The topological polar surface area (TPSA) is 98.7 Å². The van der Waals surface area contributed by atoms with Crippen LogP contribution < -0.4 is 10.6 Å². The molecule has 3 heterocycles. The van der Waals surface area contributed by atoms with Crippen molar-refractivity contribution in [2.45, 2.75) is 42.3 Å². The van der Waals surface area contributed by atoms with E-state index in [1.165, 1.54) is 4.90 Å². The summed E-state index contributed by atoms with van der Waals surface area (Å²) >= 11 is 7.89.